The van der Waals surface area contributed by atoms with E-state index in [1.165, 1.54) is 0 Å². The average molecular weight is 260 g/mol. The fourth-order valence-electron chi connectivity index (χ4n) is 1.38. The van der Waals surface area contributed by atoms with E-state index < -0.39 is 0 Å². The molecular formula is C12H24N2O4. The Balaban J connectivity index is 3.32. The quantitative estimate of drug-likeness (QED) is 0.378. The van der Waals surface area contributed by atoms with E-state index in [0.717, 1.165) is 0 Å². The average Bonchev–Trinajstić information content (AvgIpc) is 2.35. The summed E-state index contributed by atoms with van der Waals surface area (Å²) in [7, 11) is 0. The Morgan fingerprint density at radius 1 is 0.722 bits per heavy atom. The molecule has 6 heteroatoms. The first-order valence-electron chi connectivity index (χ1n) is 6.45. The molecule has 0 spiro atoms. The Morgan fingerprint density at radius 2 is 1.11 bits per heavy atom. The van der Waals surface area contributed by atoms with Gasteiger partial charge in [0.2, 0.25) is 11.8 Å². The first-order chi connectivity index (χ1) is 8.70. The van der Waals surface area contributed by atoms with Crippen molar-refractivity contribution in [3.63, 3.8) is 0 Å². The van der Waals surface area contributed by atoms with Crippen molar-refractivity contribution in [2.45, 2.75) is 38.5 Å². The Morgan fingerprint density at radius 3 is 1.44 bits per heavy atom. The van der Waals surface area contributed by atoms with Gasteiger partial charge in [0.25, 0.3) is 0 Å². The van der Waals surface area contributed by atoms with Gasteiger partial charge in [0, 0.05) is 39.1 Å². The number of aliphatic hydroxyl groups excluding tert-OH is 2. The number of hydrogen-bond donors (Lipinski definition) is 4. The topological polar surface area (TPSA) is 98.7 Å². The van der Waals surface area contributed by atoms with Gasteiger partial charge in [0.1, 0.15) is 0 Å². The van der Waals surface area contributed by atoms with Crippen molar-refractivity contribution in [1.29, 1.82) is 0 Å². The van der Waals surface area contributed by atoms with Crippen LogP contribution in [0.3, 0.4) is 0 Å². The highest BCUT2D eigenvalue weighted by atomic mass is 16.3. The number of aliphatic hydroxyl groups is 2. The lowest BCUT2D eigenvalue weighted by atomic mass is 10.2. The highest BCUT2D eigenvalue weighted by Gasteiger charge is 2.02. The Kier molecular flexibility index (Phi) is 11.5. The minimum absolute atomic E-state index is 0.0574. The summed E-state index contributed by atoms with van der Waals surface area (Å²) in [6.07, 6.45) is 3.44. The molecular weight excluding hydrogens is 236 g/mol. The molecule has 0 aliphatic rings. The molecule has 0 aliphatic carbocycles. The van der Waals surface area contributed by atoms with Crippen molar-refractivity contribution in [2.75, 3.05) is 26.3 Å². The number of amides is 2. The van der Waals surface area contributed by atoms with Crippen LogP contribution in [-0.4, -0.2) is 48.3 Å². The molecule has 2 amide bonds. The molecule has 0 aliphatic heterocycles. The largest absolute Gasteiger partial charge is 0.396 e. The predicted octanol–water partition coefficient (Wildman–Crippen LogP) is -0.456. The van der Waals surface area contributed by atoms with Crippen molar-refractivity contribution in [3.05, 3.63) is 0 Å². The molecule has 0 atom stereocenters. The van der Waals surface area contributed by atoms with Crippen LogP contribution in [0.2, 0.25) is 0 Å². The third kappa shape index (κ3) is 11.3. The first kappa shape index (κ1) is 16.9. The van der Waals surface area contributed by atoms with E-state index in [2.05, 4.69) is 10.6 Å². The smallest absolute Gasteiger partial charge is 0.220 e. The summed E-state index contributed by atoms with van der Waals surface area (Å²) in [6.45, 7) is 1.06. The highest BCUT2D eigenvalue weighted by molar-refractivity contribution is 5.77. The Hall–Kier alpha value is -1.14. The molecule has 0 aromatic carbocycles. The summed E-state index contributed by atoms with van der Waals surface area (Å²) < 4.78 is 0. The molecule has 0 saturated carbocycles. The number of carbonyl (C=O) groups excluding carboxylic acids is 2. The van der Waals surface area contributed by atoms with E-state index in [1.807, 2.05) is 0 Å². The Labute approximate surface area is 108 Å². The number of carbonyl (C=O) groups is 2. The predicted molar refractivity (Wildman–Crippen MR) is 67.9 cm³/mol. The van der Waals surface area contributed by atoms with Gasteiger partial charge >= 0.3 is 0 Å². The lowest BCUT2D eigenvalue weighted by molar-refractivity contribution is -0.123. The van der Waals surface area contributed by atoms with E-state index in [1.54, 1.807) is 0 Å². The van der Waals surface area contributed by atoms with Gasteiger partial charge in [-0.15, -0.1) is 0 Å². The number of nitrogens with one attached hydrogen (secondary N) is 2. The van der Waals surface area contributed by atoms with Crippen LogP contribution >= 0.6 is 0 Å². The number of rotatable bonds is 11. The molecule has 0 aromatic heterocycles. The van der Waals surface area contributed by atoms with Crippen molar-refractivity contribution in [1.82, 2.24) is 10.6 Å². The lowest BCUT2D eigenvalue weighted by Crippen LogP contribution is -2.34. The van der Waals surface area contributed by atoms with Crippen molar-refractivity contribution < 1.29 is 19.8 Å². The zero-order valence-electron chi connectivity index (χ0n) is 10.8. The maximum atomic E-state index is 11.2. The third-order valence-electron chi connectivity index (χ3n) is 2.39. The van der Waals surface area contributed by atoms with Gasteiger partial charge in [0.15, 0.2) is 0 Å². The molecule has 0 aromatic rings. The van der Waals surface area contributed by atoms with Crippen LogP contribution in [0, 0.1) is 0 Å². The van der Waals surface area contributed by atoms with Crippen LogP contribution in [0.4, 0.5) is 0 Å². The zero-order valence-corrected chi connectivity index (χ0v) is 10.8. The van der Waals surface area contributed by atoms with Crippen molar-refractivity contribution in [3.8, 4) is 0 Å². The number of unbranched alkanes of at least 4 members (excludes halogenated alkanes) is 2. The standard InChI is InChI=1S/C12H24N2O4/c15-9-3-1-5-11(17)13-7-8-14-12(18)6-2-4-10-16/h15-16H,1-10H2,(H,13,17)(H,14,18). The van der Waals surface area contributed by atoms with Crippen LogP contribution in [0.25, 0.3) is 0 Å². The van der Waals surface area contributed by atoms with Crippen LogP contribution in [-0.2, 0) is 9.59 Å². The fourth-order valence-corrected chi connectivity index (χ4v) is 1.38. The lowest BCUT2D eigenvalue weighted by Gasteiger charge is -2.06. The number of hydrogen-bond acceptors (Lipinski definition) is 4. The van der Waals surface area contributed by atoms with Gasteiger partial charge in [-0.2, -0.15) is 0 Å². The van der Waals surface area contributed by atoms with E-state index in [4.69, 9.17) is 10.2 Å². The van der Waals surface area contributed by atoms with Crippen molar-refractivity contribution in [2.24, 2.45) is 0 Å². The van der Waals surface area contributed by atoms with Gasteiger partial charge in [-0.05, 0) is 25.7 Å². The first-order valence-corrected chi connectivity index (χ1v) is 6.45. The molecule has 4 N–H and O–H groups in total. The summed E-state index contributed by atoms with van der Waals surface area (Å²) in [5, 5.41) is 22.5. The molecule has 0 bridgehead atoms. The molecule has 18 heavy (non-hydrogen) atoms. The summed E-state index contributed by atoms with van der Waals surface area (Å²) >= 11 is 0. The van der Waals surface area contributed by atoms with E-state index >= 15 is 0 Å². The molecule has 0 saturated heterocycles. The zero-order chi connectivity index (χ0) is 13.6. The van der Waals surface area contributed by atoms with E-state index in [9.17, 15) is 9.59 Å². The van der Waals surface area contributed by atoms with Crippen LogP contribution in [0.1, 0.15) is 38.5 Å². The molecule has 106 valence electrons. The fraction of sp³-hybridized carbons (Fsp3) is 0.833. The molecule has 0 radical (unpaired) electrons. The third-order valence-corrected chi connectivity index (χ3v) is 2.39. The summed E-state index contributed by atoms with van der Waals surface area (Å²) in [4.78, 5) is 22.5. The second-order valence-electron chi connectivity index (χ2n) is 4.06. The van der Waals surface area contributed by atoms with Crippen LogP contribution in [0.5, 0.6) is 0 Å². The van der Waals surface area contributed by atoms with Gasteiger partial charge in [-0.3, -0.25) is 9.59 Å². The molecule has 0 heterocycles. The van der Waals surface area contributed by atoms with Gasteiger partial charge in [0.05, 0.1) is 0 Å². The monoisotopic (exact) mass is 260 g/mol. The van der Waals surface area contributed by atoms with Crippen molar-refractivity contribution >= 4 is 11.8 Å². The van der Waals surface area contributed by atoms with Crippen LogP contribution < -0.4 is 10.6 Å². The van der Waals surface area contributed by atoms with Gasteiger partial charge in [-0.25, -0.2) is 0 Å². The Bertz CT molecular complexity index is 210. The molecule has 0 rings (SSSR count). The molecule has 6 nitrogen and oxygen atoms in total. The minimum Gasteiger partial charge on any atom is -0.396 e. The summed E-state index contributed by atoms with van der Waals surface area (Å²) in [6, 6.07) is 0. The minimum atomic E-state index is -0.0574. The maximum absolute atomic E-state index is 11.2. The van der Waals surface area contributed by atoms with E-state index in [0.29, 0.717) is 51.6 Å². The van der Waals surface area contributed by atoms with Crippen LogP contribution in [0.15, 0.2) is 0 Å². The molecule has 0 unspecified atom stereocenters. The van der Waals surface area contributed by atoms with E-state index in [-0.39, 0.29) is 25.0 Å². The SMILES string of the molecule is O=C(CCCCO)NCCNC(=O)CCCCO. The van der Waals surface area contributed by atoms with Gasteiger partial charge in [-0.1, -0.05) is 0 Å². The van der Waals surface area contributed by atoms with Gasteiger partial charge < -0.3 is 20.8 Å². The molecule has 0 fully saturated rings. The maximum Gasteiger partial charge on any atom is 0.220 e. The second-order valence-corrected chi connectivity index (χ2v) is 4.06. The second kappa shape index (κ2) is 12.3. The summed E-state index contributed by atoms with van der Waals surface area (Å²) in [5.41, 5.74) is 0. The normalized spacial score (nSPS) is 10.1. The highest BCUT2D eigenvalue weighted by Crippen LogP contribution is 1.94. The summed E-state index contributed by atoms with van der Waals surface area (Å²) in [5.74, 6) is -0.115.